The van der Waals surface area contributed by atoms with Gasteiger partial charge in [0.2, 0.25) is 94.5 Å². The van der Waals surface area contributed by atoms with Gasteiger partial charge in [-0.25, -0.2) is 4.98 Å². The van der Waals surface area contributed by atoms with Crippen LogP contribution in [-0.4, -0.2) is 338 Å². The van der Waals surface area contributed by atoms with Crippen molar-refractivity contribution in [3.63, 3.8) is 0 Å². The van der Waals surface area contributed by atoms with E-state index in [1.165, 1.54) is 53.9 Å². The second-order valence-electron chi connectivity index (χ2n) is 34.3. The molecule has 3 fully saturated rings. The van der Waals surface area contributed by atoms with E-state index in [9.17, 15) is 83.1 Å². The maximum atomic E-state index is 15.8. The van der Waals surface area contributed by atoms with Crippen LogP contribution in [0, 0.1) is 0 Å². The van der Waals surface area contributed by atoms with Gasteiger partial charge in [-0.1, -0.05) is 88.1 Å². The van der Waals surface area contributed by atoms with E-state index in [4.69, 9.17) is 10.5 Å². The summed E-state index contributed by atoms with van der Waals surface area (Å²) in [6.45, 7) is 3.10. The number of ether oxygens (including phenoxy) is 1. The number of nitrogens with one attached hydrogen (secondary N) is 13. The third-order valence-corrected chi connectivity index (χ3v) is 25.4. The molecule has 15 atom stereocenters. The van der Waals surface area contributed by atoms with E-state index in [-0.39, 0.29) is 63.6 Å². The molecule has 0 bridgehead atoms. The van der Waals surface area contributed by atoms with E-state index in [1.807, 2.05) is 0 Å². The van der Waals surface area contributed by atoms with Gasteiger partial charge >= 0.3 is 23.9 Å². The molecule has 0 spiro atoms. The summed E-state index contributed by atoms with van der Waals surface area (Å²) >= 11 is 0.690. The Morgan fingerprint density at radius 3 is 1.59 bits per heavy atom. The van der Waals surface area contributed by atoms with Gasteiger partial charge in [0.05, 0.1) is 44.7 Å². The number of amides is 16. The van der Waals surface area contributed by atoms with Gasteiger partial charge < -0.3 is 129 Å². The van der Waals surface area contributed by atoms with Gasteiger partial charge in [0.1, 0.15) is 90.3 Å². The second-order valence-corrected chi connectivity index (χ2v) is 35.3. The highest BCUT2D eigenvalue weighted by Gasteiger charge is 2.47. The molecule has 746 valence electrons. The fourth-order valence-corrected chi connectivity index (χ4v) is 17.5. The molecule has 9 rings (SSSR count). The number of benzene rings is 3. The summed E-state index contributed by atoms with van der Waals surface area (Å²) < 4.78 is 5.32. The SMILES string of the molecule is CCCC[C@H]1C(=O)N(C)[C@@H](CCCC)C(=O)N[C@@H](CCC(=O)O)C(=O)N[C@H](C(=O)NCC(N)=O)CSCC(=O)N[C@@H](Cc2ccc(OC)cc2)C(=O)N(C)[C@@H](C)C(=O)N[C@@H](CC(=O)O)C(=O)N2CCCC2C(=O)N[C@@H](Cc2cnc[nH]2)C(=O)N[C@@H](CCC(=O)O)C(=O)N2C[C@H](O)C[C@H]2C(=O)N[C@@H](Cc2c[nH]c3ccccc23)C(=O)N[C@@H](CC(=O)O)C(=O)N[C@@H](Cc2c[nH]c3ccccc23)C(=O)N1C. The number of nitrogens with two attached hydrogens (primary N) is 1. The van der Waals surface area contributed by atoms with Crippen molar-refractivity contribution in [2.24, 2.45) is 5.73 Å². The molecule has 0 aliphatic carbocycles. The van der Waals surface area contributed by atoms with Crippen LogP contribution in [0.4, 0.5) is 0 Å². The number of likely N-dealkylation sites (N-methyl/N-ethyl adjacent to an activating group) is 3. The van der Waals surface area contributed by atoms with Crippen molar-refractivity contribution < 1.29 is 126 Å². The Hall–Kier alpha value is -14.5. The number of thioether (sulfide) groups is 1. The Morgan fingerprint density at radius 2 is 1.01 bits per heavy atom. The maximum absolute atomic E-state index is 15.8. The predicted octanol–water partition coefficient (Wildman–Crippen LogP) is -2.12. The number of methoxy groups -OCH3 is 1. The Kier molecular flexibility index (Phi) is 39.5. The maximum Gasteiger partial charge on any atom is 0.305 e. The molecule has 3 aromatic heterocycles. The van der Waals surface area contributed by atoms with E-state index in [2.05, 4.69) is 73.1 Å². The van der Waals surface area contributed by atoms with E-state index in [0.29, 0.717) is 68.8 Å². The lowest BCUT2D eigenvalue weighted by molar-refractivity contribution is -0.149. The molecule has 3 aromatic carbocycles. The molecule has 46 nitrogen and oxygen atoms in total. The molecular weight excluding hydrogens is 1820 g/mol. The molecule has 6 aromatic rings. The number of rotatable bonds is 28. The van der Waals surface area contributed by atoms with Crippen molar-refractivity contribution in [3.05, 3.63) is 120 Å². The number of carbonyl (C=O) groups is 20. The third-order valence-electron chi connectivity index (χ3n) is 24.3. The average Bonchev–Trinajstić information content (AvgIpc) is 1.71. The van der Waals surface area contributed by atoms with Crippen LogP contribution in [-0.2, 0) is 122 Å². The highest BCUT2D eigenvalue weighted by atomic mass is 32.2. The zero-order chi connectivity index (χ0) is 101. The molecule has 1 unspecified atom stereocenters. The lowest BCUT2D eigenvalue weighted by Gasteiger charge is -2.36. The molecule has 3 saturated heterocycles. The molecule has 47 heteroatoms. The molecule has 0 radical (unpaired) electrons. The standard InChI is InChI=1S/C91H120N20O26S/c1-8-10-21-68-84(129)99-59(28-30-74(115)116)80(125)106-67(79(124)96-43-72(92)113)45-138-46-73(114)98-64(33-49-24-26-54(137-7)27-25-49)87(132)107(4)48(3)78(123)104-66(39-77(121)122)90(135)110-32-16-23-69(110)85(130)103-62(36-52-42-93-47-97-52)82(127)100-60(29-31-75(117)118)89(134)111-44-53(112)37-71(111)86(131)102-61(34-50-40-94-57-19-14-12-17-55(50)57)81(126)101-63(38-76(119)120)83(128)105-65(35-51-41-95-58-20-15-13-18-56(51)58)88(133)109(6)70(22-11-9-2)91(136)108(68)5/h12-15,17-20,24-27,40-42,47-48,53,59-71,94-95,112H,8-11,16,21-23,28-39,43-46H2,1-7H3,(H2,92,113)(H,93,97)(H,96,124)(H,98,114)(H,99,129)(H,100,127)(H,101,126)(H,102,131)(H,103,130)(H,104,123)(H,105,128)(H,106,125)(H,115,116)(H,117,118)(H,119,120)(H,121,122)/t48-,53+,59-,60-,61-,62-,63-,64-,65-,66-,67-,68-,69?,70-,71-/m0/s1. The minimum absolute atomic E-state index is 0.0842. The van der Waals surface area contributed by atoms with Gasteiger partial charge in [-0.15, -0.1) is 11.8 Å². The van der Waals surface area contributed by atoms with Gasteiger partial charge in [0, 0.05) is 131 Å². The van der Waals surface area contributed by atoms with Crippen LogP contribution in [0.15, 0.2) is 97.7 Å². The van der Waals surface area contributed by atoms with Crippen LogP contribution in [0.25, 0.3) is 21.8 Å². The number of carbonyl (C=O) groups excluding carboxylic acids is 16. The largest absolute Gasteiger partial charge is 0.497 e. The smallest absolute Gasteiger partial charge is 0.305 e. The number of H-pyrrole nitrogens is 3. The first-order chi connectivity index (χ1) is 65.7. The van der Waals surface area contributed by atoms with Crippen LogP contribution in [0.1, 0.15) is 139 Å². The Morgan fingerprint density at radius 1 is 0.507 bits per heavy atom. The third kappa shape index (κ3) is 29.7. The minimum Gasteiger partial charge on any atom is -0.497 e. The molecule has 6 heterocycles. The number of aliphatic hydroxyl groups is 1. The number of hydrogen-bond acceptors (Lipinski definition) is 24. The molecule has 16 amide bonds. The summed E-state index contributed by atoms with van der Waals surface area (Å²) in [5.41, 5.74) is 7.90. The summed E-state index contributed by atoms with van der Waals surface area (Å²) in [6, 6.07) is -4.53. The number of aliphatic carboxylic acids is 4. The topological polar surface area (TPSA) is 675 Å². The fraction of sp³-hybridized carbons (Fsp3) is 0.505. The molecule has 20 N–H and O–H groups in total. The number of unbranched alkanes of at least 4 members (excludes halogenated alkanes) is 2. The normalized spacial score (nSPS) is 24.4. The first-order valence-corrected chi connectivity index (χ1v) is 46.4. The van der Waals surface area contributed by atoms with E-state index >= 15 is 38.4 Å². The van der Waals surface area contributed by atoms with Crippen LogP contribution in [0.2, 0.25) is 0 Å². The zero-order valence-corrected chi connectivity index (χ0v) is 78.2. The Bertz CT molecular complexity index is 5420. The number of fused-ring (bicyclic) bond motifs is 4. The lowest BCUT2D eigenvalue weighted by atomic mass is 9.99. The molecule has 138 heavy (non-hydrogen) atoms. The van der Waals surface area contributed by atoms with Crippen molar-refractivity contribution in [1.29, 1.82) is 0 Å². The number of primary amides is 1. The van der Waals surface area contributed by atoms with Gasteiger partial charge in [-0.05, 0) is 86.4 Å². The van der Waals surface area contributed by atoms with Crippen LogP contribution in [0.5, 0.6) is 5.75 Å². The highest BCUT2D eigenvalue weighted by Crippen LogP contribution is 2.28. The Balaban J connectivity index is 1.12. The van der Waals surface area contributed by atoms with Gasteiger partial charge in [0.25, 0.3) is 0 Å². The average molecular weight is 1940 g/mol. The van der Waals surface area contributed by atoms with Crippen LogP contribution in [0.3, 0.4) is 0 Å². The van der Waals surface area contributed by atoms with Crippen LogP contribution >= 0.6 is 11.8 Å². The van der Waals surface area contributed by atoms with Crippen molar-refractivity contribution >= 4 is 152 Å². The monoisotopic (exact) mass is 1940 g/mol. The summed E-state index contributed by atoms with van der Waals surface area (Å²) in [6.07, 6.45) is -2.31. The predicted molar refractivity (Wildman–Crippen MR) is 493 cm³/mol. The summed E-state index contributed by atoms with van der Waals surface area (Å²) in [5, 5.41) is 78.6. The quantitative estimate of drug-likeness (QED) is 0.0250. The van der Waals surface area contributed by atoms with Crippen molar-refractivity contribution in [1.82, 2.24) is 97.6 Å². The number of carboxylic acid groups (broad SMARTS) is 4. The minimum atomic E-state index is -2.12. The fourth-order valence-electron chi connectivity index (χ4n) is 16.7. The van der Waals surface area contributed by atoms with E-state index in [0.717, 1.165) is 24.5 Å². The van der Waals surface area contributed by atoms with Crippen molar-refractivity contribution in [2.75, 3.05) is 59.4 Å². The second kappa shape index (κ2) is 50.9. The summed E-state index contributed by atoms with van der Waals surface area (Å²) in [4.78, 5) is 306. The first-order valence-electron chi connectivity index (χ1n) is 45.2. The zero-order valence-electron chi connectivity index (χ0n) is 77.3. The van der Waals surface area contributed by atoms with E-state index in [1.54, 1.807) is 92.8 Å². The van der Waals surface area contributed by atoms with Gasteiger partial charge in [-0.3, -0.25) is 95.9 Å². The number of aliphatic hydroxyl groups excluding tert-OH is 1. The first kappa shape index (κ1) is 107. The Labute approximate surface area is 796 Å². The number of para-hydroxylation sites is 2. The number of imidazole rings is 1. The van der Waals surface area contributed by atoms with Crippen LogP contribution < -0.4 is 63.6 Å². The van der Waals surface area contributed by atoms with Crippen molar-refractivity contribution in [2.45, 2.75) is 233 Å². The van der Waals surface area contributed by atoms with E-state index < -0.39 is 291 Å². The number of aromatic amines is 3. The highest BCUT2D eigenvalue weighted by molar-refractivity contribution is 8.00. The number of nitrogens with zero attached hydrogens (tertiary/aromatic N) is 6. The molecule has 3 aliphatic rings. The summed E-state index contributed by atoms with van der Waals surface area (Å²) in [7, 11) is 5.07. The molecule has 0 saturated carbocycles. The van der Waals surface area contributed by atoms with Gasteiger partial charge in [-0.2, -0.15) is 0 Å². The lowest BCUT2D eigenvalue weighted by Crippen LogP contribution is -2.61. The van der Waals surface area contributed by atoms with Crippen molar-refractivity contribution in [3.8, 4) is 5.75 Å². The molecular formula is C91H120N20O26S. The summed E-state index contributed by atoms with van der Waals surface area (Å²) in [5.74, 6) is -24.2. The number of aromatic nitrogens is 4. The number of carboxylic acids is 4. The molecule has 3 aliphatic heterocycles. The van der Waals surface area contributed by atoms with Gasteiger partial charge in [0.15, 0.2) is 0 Å². The number of hydrogen-bond donors (Lipinski definition) is 19.